The average molecular weight is 676 g/mol. The molecular weight excluding hydrogens is 638 g/mol. The van der Waals surface area contributed by atoms with Crippen molar-refractivity contribution in [2.75, 3.05) is 13.2 Å². The highest BCUT2D eigenvalue weighted by atomic mass is 16.8. The Labute approximate surface area is 268 Å². The van der Waals surface area contributed by atoms with Gasteiger partial charge in [0, 0.05) is 55.4 Å². The lowest BCUT2D eigenvalue weighted by Crippen LogP contribution is -2.65. The van der Waals surface area contributed by atoms with E-state index >= 15 is 0 Å². The van der Waals surface area contributed by atoms with Crippen LogP contribution in [-0.2, 0) is 85.7 Å². The molecule has 262 valence electrons. The standard InChI is InChI=1S/C28H37NO18/c1-12(30)38-10-21(41-15(4)33)24(23(42-16(5)34)20(9-29)40-14(3)32)47-28-27(45-19(8)37)26(44-18(7)36)25(43-17(6)35)22(46-28)11-39-13(2)31/h20-28H,10-11H2,1-8H3/t20-,21+,22+,23+,24+,25+,26-,27+,28-/m0/s1. The number of carbonyl (C=O) groups is 8. The molecule has 9 atom stereocenters. The van der Waals surface area contributed by atoms with E-state index in [0.29, 0.717) is 0 Å². The number of nitriles is 1. The zero-order valence-corrected chi connectivity index (χ0v) is 26.9. The molecule has 1 saturated heterocycles. The van der Waals surface area contributed by atoms with E-state index in [0.717, 1.165) is 55.4 Å². The van der Waals surface area contributed by atoms with Crippen LogP contribution in [0, 0.1) is 11.3 Å². The highest BCUT2D eigenvalue weighted by Crippen LogP contribution is 2.32. The van der Waals surface area contributed by atoms with Gasteiger partial charge in [-0.15, -0.1) is 0 Å². The molecule has 47 heavy (non-hydrogen) atoms. The Hall–Kier alpha value is -4.83. The molecule has 1 aliphatic rings. The van der Waals surface area contributed by atoms with Gasteiger partial charge in [-0.1, -0.05) is 0 Å². The second kappa shape index (κ2) is 19.0. The van der Waals surface area contributed by atoms with Crippen LogP contribution in [0.1, 0.15) is 55.4 Å². The van der Waals surface area contributed by atoms with Crippen LogP contribution in [0.2, 0.25) is 0 Å². The third kappa shape index (κ3) is 14.0. The summed E-state index contributed by atoms with van der Waals surface area (Å²) < 4.78 is 53.6. The summed E-state index contributed by atoms with van der Waals surface area (Å²) in [5.41, 5.74) is 0. The Kier molecular flexibility index (Phi) is 16.2. The number of hydrogen-bond donors (Lipinski definition) is 0. The van der Waals surface area contributed by atoms with E-state index in [4.69, 9.17) is 47.4 Å². The van der Waals surface area contributed by atoms with E-state index in [-0.39, 0.29) is 0 Å². The molecule has 0 aromatic heterocycles. The van der Waals surface area contributed by atoms with Gasteiger partial charge in [0.05, 0.1) is 0 Å². The third-order valence-corrected chi connectivity index (χ3v) is 5.72. The highest BCUT2D eigenvalue weighted by Gasteiger charge is 2.55. The molecular formula is C28H37NO18. The molecule has 0 saturated carbocycles. The zero-order valence-electron chi connectivity index (χ0n) is 26.9. The normalized spacial score (nSPS) is 22.7. The first kappa shape index (κ1) is 40.2. The lowest BCUT2D eigenvalue weighted by molar-refractivity contribution is -0.330. The predicted molar refractivity (Wildman–Crippen MR) is 146 cm³/mol. The third-order valence-electron chi connectivity index (χ3n) is 5.72. The minimum Gasteiger partial charge on any atom is -0.463 e. The van der Waals surface area contributed by atoms with Gasteiger partial charge < -0.3 is 47.4 Å². The van der Waals surface area contributed by atoms with Crippen LogP contribution in [0.15, 0.2) is 0 Å². The Morgan fingerprint density at radius 3 is 1.53 bits per heavy atom. The van der Waals surface area contributed by atoms with E-state index in [9.17, 15) is 43.6 Å². The van der Waals surface area contributed by atoms with Gasteiger partial charge in [-0.05, 0) is 0 Å². The monoisotopic (exact) mass is 675 g/mol. The van der Waals surface area contributed by atoms with Gasteiger partial charge in [0.1, 0.15) is 31.5 Å². The second-order valence-electron chi connectivity index (χ2n) is 9.85. The lowest BCUT2D eigenvalue weighted by Gasteiger charge is -2.46. The summed E-state index contributed by atoms with van der Waals surface area (Å²) >= 11 is 0. The van der Waals surface area contributed by atoms with Crippen LogP contribution < -0.4 is 0 Å². The fourth-order valence-corrected chi connectivity index (χ4v) is 4.28. The van der Waals surface area contributed by atoms with E-state index in [1.165, 1.54) is 0 Å². The summed E-state index contributed by atoms with van der Waals surface area (Å²) in [4.78, 5) is 96.1. The summed E-state index contributed by atoms with van der Waals surface area (Å²) in [6, 6.07) is 1.62. The van der Waals surface area contributed by atoms with Gasteiger partial charge in [-0.2, -0.15) is 5.26 Å². The molecule has 0 amide bonds. The quantitative estimate of drug-likeness (QED) is 0.154. The summed E-state index contributed by atoms with van der Waals surface area (Å²) in [6.07, 6.45) is -16.2. The first-order valence-corrected chi connectivity index (χ1v) is 13.9. The largest absolute Gasteiger partial charge is 0.463 e. The molecule has 0 aromatic rings. The van der Waals surface area contributed by atoms with Crippen molar-refractivity contribution < 1.29 is 85.7 Å². The number of esters is 8. The van der Waals surface area contributed by atoms with Gasteiger partial charge >= 0.3 is 47.8 Å². The number of nitrogens with zero attached hydrogens (tertiary/aromatic N) is 1. The lowest BCUT2D eigenvalue weighted by atomic mass is 9.97. The number of ether oxygens (including phenoxy) is 10. The molecule has 0 aliphatic carbocycles. The smallest absolute Gasteiger partial charge is 0.304 e. The maximum atomic E-state index is 12.3. The molecule has 0 unspecified atom stereocenters. The van der Waals surface area contributed by atoms with Crippen molar-refractivity contribution in [1.82, 2.24) is 0 Å². The molecule has 1 aliphatic heterocycles. The topological polar surface area (TPSA) is 253 Å². The van der Waals surface area contributed by atoms with Crippen molar-refractivity contribution in [3.05, 3.63) is 0 Å². The molecule has 1 fully saturated rings. The fraction of sp³-hybridized carbons (Fsp3) is 0.679. The molecule has 1 heterocycles. The van der Waals surface area contributed by atoms with Crippen LogP contribution in [0.4, 0.5) is 0 Å². The Bertz CT molecular complexity index is 1230. The molecule has 0 aromatic carbocycles. The van der Waals surface area contributed by atoms with Gasteiger partial charge in [0.15, 0.2) is 36.8 Å². The van der Waals surface area contributed by atoms with Gasteiger partial charge in [-0.3, -0.25) is 38.4 Å². The van der Waals surface area contributed by atoms with Gasteiger partial charge in [-0.25, -0.2) is 0 Å². The zero-order chi connectivity index (χ0) is 36.0. The van der Waals surface area contributed by atoms with Crippen molar-refractivity contribution in [3.8, 4) is 6.07 Å². The van der Waals surface area contributed by atoms with Crippen LogP contribution in [0.5, 0.6) is 0 Å². The first-order chi connectivity index (χ1) is 21.9. The van der Waals surface area contributed by atoms with Crippen LogP contribution in [-0.4, -0.2) is 116 Å². The maximum absolute atomic E-state index is 12.3. The number of carbonyl (C=O) groups excluding carboxylic acids is 8. The van der Waals surface area contributed by atoms with Crippen LogP contribution >= 0.6 is 0 Å². The second-order valence-corrected chi connectivity index (χ2v) is 9.85. The Morgan fingerprint density at radius 1 is 0.596 bits per heavy atom. The van der Waals surface area contributed by atoms with Crippen LogP contribution in [0.25, 0.3) is 0 Å². The van der Waals surface area contributed by atoms with Crippen LogP contribution in [0.3, 0.4) is 0 Å². The average Bonchev–Trinajstić information content (AvgIpc) is 2.92. The minimum absolute atomic E-state index is 0.648. The van der Waals surface area contributed by atoms with Crippen molar-refractivity contribution in [3.63, 3.8) is 0 Å². The molecule has 19 nitrogen and oxygen atoms in total. The van der Waals surface area contributed by atoms with Crippen molar-refractivity contribution in [2.45, 2.75) is 111 Å². The summed E-state index contributed by atoms with van der Waals surface area (Å²) in [7, 11) is 0. The highest BCUT2D eigenvalue weighted by molar-refractivity contribution is 5.70. The molecule has 0 radical (unpaired) electrons. The summed E-state index contributed by atoms with van der Waals surface area (Å²) in [5.74, 6) is -7.58. The molecule has 1 rings (SSSR count). The maximum Gasteiger partial charge on any atom is 0.304 e. The molecule has 0 bridgehead atoms. The van der Waals surface area contributed by atoms with E-state index in [1.54, 1.807) is 6.07 Å². The fourth-order valence-electron chi connectivity index (χ4n) is 4.28. The number of hydrogen-bond acceptors (Lipinski definition) is 19. The first-order valence-electron chi connectivity index (χ1n) is 13.9. The van der Waals surface area contributed by atoms with E-state index < -0.39 is 116 Å². The molecule has 19 heteroatoms. The van der Waals surface area contributed by atoms with Crippen molar-refractivity contribution >= 4 is 47.8 Å². The molecule has 0 spiro atoms. The Morgan fingerprint density at radius 2 is 1.09 bits per heavy atom. The number of rotatable bonds is 15. The summed E-state index contributed by atoms with van der Waals surface area (Å²) in [5, 5.41) is 9.87. The predicted octanol–water partition coefficient (Wildman–Crippen LogP) is -0.664. The SMILES string of the molecule is CC(=O)OC[C@H]1O[C@@H](O[C@@H]([C@H](OC(C)=O)[C@H](C#N)OC(C)=O)[C@@H](COC(C)=O)OC(C)=O)[C@H](OC(C)=O)[C@@H](OC(C)=O)[C@@H]1OC(C)=O. The van der Waals surface area contributed by atoms with Gasteiger partial charge in [0.25, 0.3) is 0 Å². The van der Waals surface area contributed by atoms with Gasteiger partial charge in [0.2, 0.25) is 6.10 Å². The van der Waals surface area contributed by atoms with Crippen molar-refractivity contribution in [2.24, 2.45) is 0 Å². The Balaban J connectivity index is 3.99. The van der Waals surface area contributed by atoms with E-state index in [1.807, 2.05) is 0 Å². The van der Waals surface area contributed by atoms with Crippen molar-refractivity contribution in [1.29, 1.82) is 5.26 Å². The summed E-state index contributed by atoms with van der Waals surface area (Å²) in [6.45, 7) is 6.40. The van der Waals surface area contributed by atoms with E-state index in [2.05, 4.69) is 0 Å². The minimum atomic E-state index is -1.97. The molecule has 0 N–H and O–H groups in total.